The zero-order chi connectivity index (χ0) is 21.1. The zero-order valence-electron chi connectivity index (χ0n) is 15.8. The Labute approximate surface area is 171 Å². The smallest absolute Gasteiger partial charge is 0.304 e. The molecule has 30 heavy (non-hydrogen) atoms. The molecule has 4 rings (SSSR count). The number of hydrazine groups is 1. The Morgan fingerprint density at radius 2 is 1.50 bits per heavy atom. The molecule has 2 atom stereocenters. The maximum Gasteiger partial charge on any atom is 0.304 e. The Hall–Kier alpha value is -3.87. The normalized spacial score (nSPS) is 19.5. The molecule has 0 saturated carbocycles. The summed E-state index contributed by atoms with van der Waals surface area (Å²) >= 11 is 0. The summed E-state index contributed by atoms with van der Waals surface area (Å²) in [6, 6.07) is 18.8. The van der Waals surface area contributed by atoms with Gasteiger partial charge in [0.1, 0.15) is 11.6 Å². The van der Waals surface area contributed by atoms with Gasteiger partial charge in [0, 0.05) is 16.7 Å². The van der Waals surface area contributed by atoms with Gasteiger partial charge in [0.15, 0.2) is 6.04 Å². The Balaban J connectivity index is 1.68. The van der Waals surface area contributed by atoms with E-state index in [4.69, 9.17) is 0 Å². The molecule has 3 aromatic carbocycles. The van der Waals surface area contributed by atoms with E-state index in [1.54, 1.807) is 23.0 Å². The van der Waals surface area contributed by atoms with Crippen molar-refractivity contribution in [1.82, 2.24) is 10.7 Å². The van der Waals surface area contributed by atoms with Gasteiger partial charge in [0.2, 0.25) is 12.3 Å². The minimum atomic E-state index is -0.887. The average Bonchev–Trinajstić information content (AvgIpc) is 3.05. The van der Waals surface area contributed by atoms with Crippen LogP contribution in [0, 0.1) is 11.6 Å². The first-order chi connectivity index (χ1) is 14.5. The molecule has 5 nitrogen and oxygen atoms in total. The zero-order valence-corrected chi connectivity index (χ0v) is 15.8. The summed E-state index contributed by atoms with van der Waals surface area (Å²) in [5, 5.41) is 2.74. The summed E-state index contributed by atoms with van der Waals surface area (Å²) in [6.07, 6.45) is 1.68. The number of halogens is 2. The van der Waals surface area contributed by atoms with E-state index < -0.39 is 29.7 Å². The van der Waals surface area contributed by atoms with E-state index >= 15 is 0 Å². The average molecular weight is 406 g/mol. The minimum absolute atomic E-state index is 0.247. The van der Waals surface area contributed by atoms with E-state index in [1.807, 2.05) is 30.3 Å². The summed E-state index contributed by atoms with van der Waals surface area (Å²) < 4.78 is 28.0. The van der Waals surface area contributed by atoms with Crippen molar-refractivity contribution in [3.63, 3.8) is 0 Å². The SMILES string of the molecule is O=C(N[C@@H]1C(=O)N/[N+](=C\c2ccc(F)cc2)[C@@H]1c1ccccc1)c1ccc(F)cc1. The molecule has 1 aliphatic rings. The van der Waals surface area contributed by atoms with Gasteiger partial charge in [-0.3, -0.25) is 9.59 Å². The highest BCUT2D eigenvalue weighted by Gasteiger charge is 2.47. The maximum atomic E-state index is 13.2. The van der Waals surface area contributed by atoms with Crippen molar-refractivity contribution >= 4 is 18.0 Å². The first kappa shape index (κ1) is 19.4. The van der Waals surface area contributed by atoms with Gasteiger partial charge in [-0.15, -0.1) is 10.1 Å². The predicted molar refractivity (Wildman–Crippen MR) is 107 cm³/mol. The van der Waals surface area contributed by atoms with E-state index in [2.05, 4.69) is 10.7 Å². The van der Waals surface area contributed by atoms with Crippen LogP contribution >= 0.6 is 0 Å². The molecule has 2 amide bonds. The molecule has 150 valence electrons. The third kappa shape index (κ3) is 4.10. The number of benzene rings is 3. The lowest BCUT2D eigenvalue weighted by molar-refractivity contribution is -0.596. The van der Waals surface area contributed by atoms with Crippen LogP contribution in [0.2, 0.25) is 0 Å². The summed E-state index contributed by atoms with van der Waals surface area (Å²) in [7, 11) is 0. The van der Waals surface area contributed by atoms with Crippen molar-refractivity contribution in [3.05, 3.63) is 107 Å². The molecule has 0 radical (unpaired) electrons. The van der Waals surface area contributed by atoms with Gasteiger partial charge < -0.3 is 5.32 Å². The third-order valence-electron chi connectivity index (χ3n) is 4.83. The molecule has 3 aromatic rings. The number of carbonyl (C=O) groups is 2. The van der Waals surface area contributed by atoms with Crippen molar-refractivity contribution in [2.75, 3.05) is 0 Å². The highest BCUT2D eigenvalue weighted by molar-refractivity contribution is 5.98. The summed E-state index contributed by atoms with van der Waals surface area (Å²) in [5.41, 5.74) is 4.49. The van der Waals surface area contributed by atoms with Crippen LogP contribution in [0.15, 0.2) is 78.9 Å². The van der Waals surface area contributed by atoms with Crippen LogP contribution in [0.5, 0.6) is 0 Å². The van der Waals surface area contributed by atoms with E-state index in [9.17, 15) is 18.4 Å². The quantitative estimate of drug-likeness (QED) is 0.655. The first-order valence-corrected chi connectivity index (χ1v) is 9.32. The lowest BCUT2D eigenvalue weighted by Gasteiger charge is -2.14. The minimum Gasteiger partial charge on any atom is -0.334 e. The van der Waals surface area contributed by atoms with Crippen LogP contribution in [0.3, 0.4) is 0 Å². The van der Waals surface area contributed by atoms with Crippen molar-refractivity contribution in [2.24, 2.45) is 0 Å². The standard InChI is InChI=1S/C23H17F2N3O2/c24-18-10-6-15(7-11-18)14-28-21(16-4-2-1-3-5-16)20(23(30)27-28)26-22(29)17-8-12-19(25)13-9-17/h1-14,20-21H,(H-,26,27,29,30)/p+1/b28-14-/t20-,21+/m0/s1. The highest BCUT2D eigenvalue weighted by Crippen LogP contribution is 2.25. The van der Waals surface area contributed by atoms with E-state index in [0.717, 1.165) is 5.56 Å². The first-order valence-electron chi connectivity index (χ1n) is 9.32. The highest BCUT2D eigenvalue weighted by atomic mass is 19.1. The molecule has 0 aromatic heterocycles. The van der Waals surface area contributed by atoms with Crippen LogP contribution < -0.4 is 10.7 Å². The van der Waals surface area contributed by atoms with Crippen molar-refractivity contribution in [2.45, 2.75) is 12.1 Å². The molecular formula is C23H18F2N3O2+. The largest absolute Gasteiger partial charge is 0.334 e. The Morgan fingerprint density at radius 3 is 2.13 bits per heavy atom. The molecule has 7 heteroatoms. The van der Waals surface area contributed by atoms with Crippen molar-refractivity contribution in [3.8, 4) is 0 Å². The van der Waals surface area contributed by atoms with E-state index in [-0.39, 0.29) is 11.4 Å². The topological polar surface area (TPSA) is 61.2 Å². The van der Waals surface area contributed by atoms with Crippen LogP contribution in [0.1, 0.15) is 27.5 Å². The lowest BCUT2D eigenvalue weighted by Crippen LogP contribution is -2.42. The maximum absolute atomic E-state index is 13.2. The Morgan fingerprint density at radius 1 is 0.900 bits per heavy atom. The second-order valence-electron chi connectivity index (χ2n) is 6.88. The van der Waals surface area contributed by atoms with Crippen LogP contribution in [0.25, 0.3) is 0 Å². The summed E-state index contributed by atoms with van der Waals surface area (Å²) in [4.78, 5) is 25.4. The van der Waals surface area contributed by atoms with Gasteiger partial charge in [-0.2, -0.15) is 0 Å². The molecule has 1 fully saturated rings. The number of nitrogens with one attached hydrogen (secondary N) is 2. The molecule has 0 aliphatic carbocycles. The number of nitrogens with zero attached hydrogens (tertiary/aromatic N) is 1. The van der Waals surface area contributed by atoms with Gasteiger partial charge >= 0.3 is 5.91 Å². The van der Waals surface area contributed by atoms with E-state index in [1.165, 1.54) is 36.4 Å². The summed E-state index contributed by atoms with van der Waals surface area (Å²) in [5.74, 6) is -1.69. The second kappa shape index (κ2) is 8.24. The molecular weight excluding hydrogens is 388 g/mol. The molecule has 0 spiro atoms. The van der Waals surface area contributed by atoms with Gasteiger partial charge in [0.25, 0.3) is 5.91 Å². The number of carbonyl (C=O) groups excluding carboxylic acids is 2. The van der Waals surface area contributed by atoms with Gasteiger partial charge in [-0.1, -0.05) is 30.3 Å². The Bertz CT molecular complexity index is 1100. The van der Waals surface area contributed by atoms with Crippen LogP contribution in [-0.4, -0.2) is 28.8 Å². The summed E-state index contributed by atoms with van der Waals surface area (Å²) in [6.45, 7) is 0. The number of hydrogen-bond acceptors (Lipinski definition) is 2. The fraction of sp³-hybridized carbons (Fsp3) is 0.0870. The third-order valence-corrected chi connectivity index (χ3v) is 4.83. The van der Waals surface area contributed by atoms with Crippen molar-refractivity contribution < 1.29 is 23.1 Å². The van der Waals surface area contributed by atoms with Crippen LogP contribution in [0.4, 0.5) is 8.78 Å². The van der Waals surface area contributed by atoms with Gasteiger partial charge in [-0.25, -0.2) is 8.78 Å². The van der Waals surface area contributed by atoms with E-state index in [0.29, 0.717) is 5.56 Å². The monoisotopic (exact) mass is 406 g/mol. The Kier molecular flexibility index (Phi) is 5.34. The fourth-order valence-corrected chi connectivity index (χ4v) is 3.37. The lowest BCUT2D eigenvalue weighted by atomic mass is 10.00. The molecule has 2 N–H and O–H groups in total. The van der Waals surface area contributed by atoms with Gasteiger partial charge in [0.05, 0.1) is 0 Å². The number of hydrazone groups is 1. The fourth-order valence-electron chi connectivity index (χ4n) is 3.37. The second-order valence-corrected chi connectivity index (χ2v) is 6.88. The van der Waals surface area contributed by atoms with Crippen LogP contribution in [-0.2, 0) is 4.79 Å². The number of rotatable bonds is 4. The number of amides is 2. The molecule has 0 bridgehead atoms. The van der Waals surface area contributed by atoms with Gasteiger partial charge in [-0.05, 0) is 48.5 Å². The number of hydrogen-bond donors (Lipinski definition) is 2. The molecule has 1 aliphatic heterocycles. The molecule has 1 saturated heterocycles. The predicted octanol–water partition coefficient (Wildman–Crippen LogP) is 2.98. The molecule has 1 heterocycles. The molecule has 0 unspecified atom stereocenters. The van der Waals surface area contributed by atoms with Crippen molar-refractivity contribution in [1.29, 1.82) is 0 Å².